The lowest BCUT2D eigenvalue weighted by molar-refractivity contribution is -0.158. The molecule has 1 aliphatic heterocycles. The molecule has 0 amide bonds. The van der Waals surface area contributed by atoms with Crippen LogP contribution in [0, 0.1) is 0 Å². The van der Waals surface area contributed by atoms with Crippen molar-refractivity contribution in [1.29, 1.82) is 0 Å². The Bertz CT molecular complexity index is 1520. The molecule has 3 N–H and O–H groups in total. The third kappa shape index (κ3) is 5.30. The Hall–Kier alpha value is -4.22. The zero-order valence-corrected chi connectivity index (χ0v) is 22.7. The highest BCUT2D eigenvalue weighted by atomic mass is 16.6. The van der Waals surface area contributed by atoms with E-state index in [1.165, 1.54) is 6.20 Å². The molecular weight excluding hydrogens is 528 g/mol. The number of rotatable bonds is 10. The minimum absolute atomic E-state index is 0.0904. The fourth-order valence-corrected chi connectivity index (χ4v) is 5.36. The van der Waals surface area contributed by atoms with E-state index in [4.69, 9.17) is 18.9 Å². The molecule has 4 aromatic rings. The molecule has 0 saturated carbocycles. The lowest BCUT2D eigenvalue weighted by Gasteiger charge is -2.37. The smallest absolute Gasteiger partial charge is 0.330 e. The van der Waals surface area contributed by atoms with Gasteiger partial charge in [-0.2, -0.15) is 0 Å². The molecule has 1 saturated heterocycles. The van der Waals surface area contributed by atoms with Gasteiger partial charge in [0.15, 0.2) is 5.72 Å². The van der Waals surface area contributed by atoms with Crippen LogP contribution in [0.15, 0.2) is 101 Å². The monoisotopic (exact) mass is 560 g/mol. The highest BCUT2D eigenvalue weighted by Gasteiger charge is 2.49. The number of aromatic amines is 1. The largest absolute Gasteiger partial charge is 0.497 e. The molecule has 1 aromatic heterocycles. The predicted molar refractivity (Wildman–Crippen MR) is 150 cm³/mol. The van der Waals surface area contributed by atoms with E-state index >= 15 is 0 Å². The van der Waals surface area contributed by atoms with Crippen LogP contribution < -0.4 is 20.7 Å². The fourth-order valence-electron chi connectivity index (χ4n) is 5.36. The molecule has 0 radical (unpaired) electrons. The summed E-state index contributed by atoms with van der Waals surface area (Å²) in [5.41, 5.74) is -1.64. The second kappa shape index (κ2) is 11.7. The summed E-state index contributed by atoms with van der Waals surface area (Å²) in [6.07, 6.45) is -0.842. The van der Waals surface area contributed by atoms with Crippen molar-refractivity contribution < 1.29 is 29.2 Å². The molecule has 1 fully saturated rings. The Morgan fingerprint density at radius 1 is 0.902 bits per heavy atom. The first-order valence-corrected chi connectivity index (χ1v) is 13.1. The minimum atomic E-state index is -1.58. The van der Waals surface area contributed by atoms with Crippen molar-refractivity contribution in [2.45, 2.75) is 30.0 Å². The number of hydrogen-bond acceptors (Lipinski definition) is 8. The average molecular weight is 561 g/mol. The van der Waals surface area contributed by atoms with Gasteiger partial charge < -0.3 is 29.2 Å². The number of ether oxygens (including phenoxy) is 4. The molecule has 10 heteroatoms. The summed E-state index contributed by atoms with van der Waals surface area (Å²) in [5, 5.41) is 21.4. The van der Waals surface area contributed by atoms with Crippen LogP contribution in [0.5, 0.6) is 11.5 Å². The number of H-pyrrole nitrogens is 1. The van der Waals surface area contributed by atoms with Crippen LogP contribution in [0.25, 0.3) is 0 Å². The number of aromatic nitrogens is 2. The van der Waals surface area contributed by atoms with Gasteiger partial charge in [-0.05, 0) is 41.0 Å². The number of aliphatic hydroxyl groups is 2. The second-order valence-corrected chi connectivity index (χ2v) is 9.83. The number of benzene rings is 3. The summed E-state index contributed by atoms with van der Waals surface area (Å²) in [4.78, 5) is 26.4. The first-order valence-electron chi connectivity index (χ1n) is 13.1. The number of hydrogen-bond donors (Lipinski definition) is 3. The molecule has 1 aliphatic rings. The molecule has 214 valence electrons. The quantitative estimate of drug-likeness (QED) is 0.252. The normalized spacial score (nSPS) is 20.6. The van der Waals surface area contributed by atoms with E-state index in [2.05, 4.69) is 4.98 Å². The molecule has 5 rings (SSSR count). The third-order valence-corrected chi connectivity index (χ3v) is 7.48. The highest BCUT2D eigenvalue weighted by Crippen LogP contribution is 2.43. The van der Waals surface area contributed by atoms with Gasteiger partial charge in [0.25, 0.3) is 5.56 Å². The van der Waals surface area contributed by atoms with Crippen LogP contribution in [0.2, 0.25) is 0 Å². The average Bonchev–Trinajstić information content (AvgIpc) is 3.34. The van der Waals surface area contributed by atoms with E-state index < -0.39 is 41.4 Å². The van der Waals surface area contributed by atoms with Crippen LogP contribution in [-0.4, -0.2) is 59.4 Å². The van der Waals surface area contributed by atoms with Crippen molar-refractivity contribution in [3.8, 4) is 11.5 Å². The first kappa shape index (κ1) is 28.3. The lowest BCUT2D eigenvalue weighted by atomic mass is 9.80. The molecule has 0 spiro atoms. The van der Waals surface area contributed by atoms with E-state index in [-0.39, 0.29) is 13.0 Å². The van der Waals surface area contributed by atoms with Gasteiger partial charge >= 0.3 is 5.69 Å². The summed E-state index contributed by atoms with van der Waals surface area (Å²) >= 11 is 0. The van der Waals surface area contributed by atoms with Crippen LogP contribution in [0.4, 0.5) is 0 Å². The highest BCUT2D eigenvalue weighted by molar-refractivity contribution is 5.49. The minimum Gasteiger partial charge on any atom is -0.497 e. The van der Waals surface area contributed by atoms with Gasteiger partial charge in [-0.25, -0.2) is 4.79 Å². The molecule has 41 heavy (non-hydrogen) atoms. The zero-order valence-electron chi connectivity index (χ0n) is 22.7. The second-order valence-electron chi connectivity index (χ2n) is 9.83. The van der Waals surface area contributed by atoms with Crippen LogP contribution in [0.3, 0.4) is 0 Å². The summed E-state index contributed by atoms with van der Waals surface area (Å²) in [5.74, 6) is 1.36. The van der Waals surface area contributed by atoms with E-state index in [0.717, 1.165) is 27.3 Å². The molecule has 3 atom stereocenters. The van der Waals surface area contributed by atoms with Gasteiger partial charge in [-0.1, -0.05) is 54.6 Å². The van der Waals surface area contributed by atoms with Gasteiger partial charge in [0, 0.05) is 18.7 Å². The molecule has 0 unspecified atom stereocenters. The van der Waals surface area contributed by atoms with Gasteiger partial charge in [0.2, 0.25) is 0 Å². The third-order valence-electron chi connectivity index (χ3n) is 7.48. The van der Waals surface area contributed by atoms with Gasteiger partial charge in [0.05, 0.1) is 33.5 Å². The maximum absolute atomic E-state index is 12.6. The molecular formula is C31H32N2O8. The van der Waals surface area contributed by atoms with Gasteiger partial charge in [-0.15, -0.1) is 0 Å². The number of aliphatic hydroxyl groups excluding tert-OH is 2. The molecule has 10 nitrogen and oxygen atoms in total. The molecule has 2 heterocycles. The van der Waals surface area contributed by atoms with Gasteiger partial charge in [-0.3, -0.25) is 14.3 Å². The van der Waals surface area contributed by atoms with Crippen molar-refractivity contribution in [3.63, 3.8) is 0 Å². The van der Waals surface area contributed by atoms with Crippen LogP contribution in [0.1, 0.15) is 23.1 Å². The van der Waals surface area contributed by atoms with E-state index in [1.54, 1.807) is 14.2 Å². The van der Waals surface area contributed by atoms with Crippen molar-refractivity contribution in [1.82, 2.24) is 9.55 Å². The Morgan fingerprint density at radius 2 is 1.46 bits per heavy atom. The van der Waals surface area contributed by atoms with Crippen molar-refractivity contribution in [3.05, 3.63) is 129 Å². The topological polar surface area (TPSA) is 132 Å². The summed E-state index contributed by atoms with van der Waals surface area (Å²) < 4.78 is 24.9. The van der Waals surface area contributed by atoms with Crippen LogP contribution in [-0.2, 0) is 20.8 Å². The standard InChI is InChI=1S/C31H32N2O8/c1-38-24-12-8-22(9-13-24)31(21-6-4-3-5-7-21,23-10-14-25(39-2)15-11-23)40-19-27-26(35)18-30(20-34,41-27)33-17-16-28(36)32-29(33)37/h3-17,26-27,34-35H,18-20H2,1-2H3,(H,32,36,37)/t26-,27+,30-/m0/s1. The maximum Gasteiger partial charge on any atom is 0.330 e. The Morgan fingerprint density at radius 3 is 1.98 bits per heavy atom. The molecule has 0 aliphatic carbocycles. The number of methoxy groups -OCH3 is 2. The first-order chi connectivity index (χ1) is 19.8. The van der Waals surface area contributed by atoms with Crippen molar-refractivity contribution in [2.75, 3.05) is 27.4 Å². The van der Waals surface area contributed by atoms with Crippen molar-refractivity contribution >= 4 is 0 Å². The molecule has 0 bridgehead atoms. The van der Waals surface area contributed by atoms with E-state index in [0.29, 0.717) is 11.5 Å². The Balaban J connectivity index is 1.57. The summed E-state index contributed by atoms with van der Waals surface area (Å²) in [6, 6.07) is 25.9. The zero-order chi connectivity index (χ0) is 29.0. The van der Waals surface area contributed by atoms with Gasteiger partial charge in [0.1, 0.15) is 23.2 Å². The van der Waals surface area contributed by atoms with Crippen LogP contribution >= 0.6 is 0 Å². The molecule has 3 aromatic carbocycles. The van der Waals surface area contributed by atoms with E-state index in [9.17, 15) is 19.8 Å². The predicted octanol–water partition coefficient (Wildman–Crippen LogP) is 2.36. The number of nitrogens with zero attached hydrogens (tertiary/aromatic N) is 1. The van der Waals surface area contributed by atoms with Crippen molar-refractivity contribution in [2.24, 2.45) is 0 Å². The van der Waals surface area contributed by atoms with E-state index in [1.807, 2.05) is 78.9 Å². The fraction of sp³-hybridized carbons (Fsp3) is 0.290. The number of nitrogens with one attached hydrogen (secondary N) is 1. The Labute approximate surface area is 236 Å². The lowest BCUT2D eigenvalue weighted by Crippen LogP contribution is -2.46. The summed E-state index contributed by atoms with van der Waals surface area (Å²) in [7, 11) is 3.19. The SMILES string of the molecule is COc1ccc(C(OC[C@H]2O[C@@](CO)(n3ccc(=O)[nH]c3=O)C[C@@H]2O)(c2ccccc2)c2ccc(OC)cc2)cc1. The maximum atomic E-state index is 12.6. The Kier molecular flexibility index (Phi) is 8.09. The summed E-state index contributed by atoms with van der Waals surface area (Å²) in [6.45, 7) is -0.707.